The summed E-state index contributed by atoms with van der Waals surface area (Å²) in [5.74, 6) is 0.450. The third-order valence-corrected chi connectivity index (χ3v) is 3.49. The predicted molar refractivity (Wildman–Crippen MR) is 85.4 cm³/mol. The third-order valence-electron chi connectivity index (χ3n) is 3.21. The zero-order chi connectivity index (χ0) is 14.5. The highest BCUT2D eigenvalue weighted by Gasteiger charge is 2.05. The van der Waals surface area contributed by atoms with E-state index in [1.807, 2.05) is 12.1 Å². The molecule has 1 N–H and O–H groups in total. The van der Waals surface area contributed by atoms with E-state index in [1.165, 1.54) is 5.56 Å². The summed E-state index contributed by atoms with van der Waals surface area (Å²) >= 11 is 4.24. The molecular weight excluding hydrogens is 266 g/mol. The van der Waals surface area contributed by atoms with E-state index < -0.39 is 0 Å². The molecule has 0 aromatic heterocycles. The lowest BCUT2D eigenvalue weighted by Crippen LogP contribution is -2.22. The smallest absolute Gasteiger partial charge is 0.251 e. The number of nitrogens with one attached hydrogen (secondary N) is 1. The molecule has 0 saturated carbocycles. The first-order valence-electron chi connectivity index (χ1n) is 6.72. The number of thiol groups is 1. The van der Waals surface area contributed by atoms with Crippen LogP contribution >= 0.6 is 12.6 Å². The first-order chi connectivity index (χ1) is 9.56. The van der Waals surface area contributed by atoms with Gasteiger partial charge in [0.05, 0.1) is 0 Å². The lowest BCUT2D eigenvalue weighted by Gasteiger charge is -2.08. The summed E-state index contributed by atoms with van der Waals surface area (Å²) in [5.41, 5.74) is 3.05. The Labute approximate surface area is 125 Å². The van der Waals surface area contributed by atoms with Crippen LogP contribution in [-0.4, -0.2) is 5.91 Å². The SMILES string of the molecule is CC(C)c1ccc(CNC(=O)c2cccc(S)c2)cc1. The summed E-state index contributed by atoms with van der Waals surface area (Å²) < 4.78 is 0. The van der Waals surface area contributed by atoms with E-state index in [-0.39, 0.29) is 5.91 Å². The topological polar surface area (TPSA) is 29.1 Å². The monoisotopic (exact) mass is 285 g/mol. The second-order valence-corrected chi connectivity index (χ2v) is 5.65. The second-order valence-electron chi connectivity index (χ2n) is 5.13. The van der Waals surface area contributed by atoms with Gasteiger partial charge in [0, 0.05) is 17.0 Å². The molecule has 0 spiro atoms. The quantitative estimate of drug-likeness (QED) is 0.816. The summed E-state index contributed by atoms with van der Waals surface area (Å²) in [5, 5.41) is 2.92. The maximum atomic E-state index is 12.0. The van der Waals surface area contributed by atoms with E-state index >= 15 is 0 Å². The van der Waals surface area contributed by atoms with Crippen LogP contribution in [0.3, 0.4) is 0 Å². The van der Waals surface area contributed by atoms with Crippen LogP contribution in [0.2, 0.25) is 0 Å². The van der Waals surface area contributed by atoms with Gasteiger partial charge in [0.1, 0.15) is 0 Å². The number of benzene rings is 2. The largest absolute Gasteiger partial charge is 0.348 e. The van der Waals surface area contributed by atoms with Gasteiger partial charge in [0.15, 0.2) is 0 Å². The maximum Gasteiger partial charge on any atom is 0.251 e. The van der Waals surface area contributed by atoms with Gasteiger partial charge in [-0.05, 0) is 35.2 Å². The molecule has 2 aromatic rings. The van der Waals surface area contributed by atoms with Gasteiger partial charge in [-0.2, -0.15) is 0 Å². The summed E-state index contributed by atoms with van der Waals surface area (Å²) in [6, 6.07) is 15.6. The van der Waals surface area contributed by atoms with E-state index in [2.05, 4.69) is 56.1 Å². The van der Waals surface area contributed by atoms with Gasteiger partial charge in [-0.15, -0.1) is 12.6 Å². The molecule has 0 aliphatic heterocycles. The molecule has 2 aromatic carbocycles. The summed E-state index contributed by atoms with van der Waals surface area (Å²) in [6.07, 6.45) is 0. The first-order valence-corrected chi connectivity index (χ1v) is 7.17. The molecule has 104 valence electrons. The molecule has 2 rings (SSSR count). The zero-order valence-corrected chi connectivity index (χ0v) is 12.7. The maximum absolute atomic E-state index is 12.0. The third kappa shape index (κ3) is 3.87. The molecule has 0 fully saturated rings. The highest BCUT2D eigenvalue weighted by atomic mass is 32.1. The fourth-order valence-electron chi connectivity index (χ4n) is 1.95. The number of hydrogen-bond donors (Lipinski definition) is 2. The number of carbonyl (C=O) groups excluding carboxylic acids is 1. The number of carbonyl (C=O) groups is 1. The standard InChI is InChI=1S/C17H19NOS/c1-12(2)14-8-6-13(7-9-14)11-18-17(19)15-4-3-5-16(20)10-15/h3-10,12,20H,11H2,1-2H3,(H,18,19). The Hall–Kier alpha value is -1.74. The van der Waals surface area contributed by atoms with Crippen molar-refractivity contribution in [3.05, 3.63) is 65.2 Å². The average Bonchev–Trinajstić information content (AvgIpc) is 2.45. The van der Waals surface area contributed by atoms with Crippen LogP contribution in [0.5, 0.6) is 0 Å². The lowest BCUT2D eigenvalue weighted by atomic mass is 10.0. The summed E-state index contributed by atoms with van der Waals surface area (Å²) in [7, 11) is 0. The highest BCUT2D eigenvalue weighted by molar-refractivity contribution is 7.80. The normalized spacial score (nSPS) is 10.6. The van der Waals surface area contributed by atoms with Gasteiger partial charge in [0.2, 0.25) is 0 Å². The average molecular weight is 285 g/mol. The molecule has 20 heavy (non-hydrogen) atoms. The van der Waals surface area contributed by atoms with E-state index in [1.54, 1.807) is 12.1 Å². The van der Waals surface area contributed by atoms with Crippen molar-refractivity contribution in [1.82, 2.24) is 5.32 Å². The minimum Gasteiger partial charge on any atom is -0.348 e. The van der Waals surface area contributed by atoms with Crippen molar-refractivity contribution in [2.24, 2.45) is 0 Å². The Balaban J connectivity index is 1.96. The molecular formula is C17H19NOS. The first kappa shape index (κ1) is 14.7. The van der Waals surface area contributed by atoms with Gasteiger partial charge in [-0.1, -0.05) is 44.2 Å². The van der Waals surface area contributed by atoms with Gasteiger partial charge < -0.3 is 5.32 Å². The molecule has 1 amide bonds. The van der Waals surface area contributed by atoms with E-state index in [0.717, 1.165) is 10.5 Å². The van der Waals surface area contributed by atoms with Crippen molar-refractivity contribution in [3.63, 3.8) is 0 Å². The molecule has 0 heterocycles. The van der Waals surface area contributed by atoms with E-state index in [0.29, 0.717) is 18.0 Å². The molecule has 0 atom stereocenters. The second kappa shape index (κ2) is 6.62. The molecule has 2 nitrogen and oxygen atoms in total. The van der Waals surface area contributed by atoms with E-state index in [9.17, 15) is 4.79 Å². The summed E-state index contributed by atoms with van der Waals surface area (Å²) in [6.45, 7) is 4.87. The Morgan fingerprint density at radius 1 is 1.15 bits per heavy atom. The molecule has 0 unspecified atom stereocenters. The van der Waals surface area contributed by atoms with Crippen LogP contribution in [0.25, 0.3) is 0 Å². The van der Waals surface area contributed by atoms with Crippen LogP contribution < -0.4 is 5.32 Å². The molecule has 0 aliphatic rings. The fraction of sp³-hybridized carbons (Fsp3) is 0.235. The van der Waals surface area contributed by atoms with Crippen molar-refractivity contribution in [2.75, 3.05) is 0 Å². The van der Waals surface area contributed by atoms with Crippen LogP contribution in [0.4, 0.5) is 0 Å². The minimum absolute atomic E-state index is 0.0752. The highest BCUT2D eigenvalue weighted by Crippen LogP contribution is 2.15. The molecule has 0 saturated heterocycles. The van der Waals surface area contributed by atoms with Crippen molar-refractivity contribution in [1.29, 1.82) is 0 Å². The number of hydrogen-bond acceptors (Lipinski definition) is 2. The van der Waals surface area contributed by atoms with Gasteiger partial charge in [0.25, 0.3) is 5.91 Å². The van der Waals surface area contributed by atoms with E-state index in [4.69, 9.17) is 0 Å². The molecule has 3 heteroatoms. The van der Waals surface area contributed by atoms with Crippen molar-refractivity contribution < 1.29 is 4.79 Å². The van der Waals surface area contributed by atoms with Crippen LogP contribution in [0.15, 0.2) is 53.4 Å². The lowest BCUT2D eigenvalue weighted by molar-refractivity contribution is 0.0950. The molecule has 0 aliphatic carbocycles. The van der Waals surface area contributed by atoms with Crippen LogP contribution in [0, 0.1) is 0 Å². The number of rotatable bonds is 4. The Morgan fingerprint density at radius 2 is 1.85 bits per heavy atom. The summed E-state index contributed by atoms with van der Waals surface area (Å²) in [4.78, 5) is 12.8. The Morgan fingerprint density at radius 3 is 2.45 bits per heavy atom. The fourth-order valence-corrected chi connectivity index (χ4v) is 2.18. The Bertz CT molecular complexity index is 590. The predicted octanol–water partition coefficient (Wildman–Crippen LogP) is 4.03. The Kier molecular flexibility index (Phi) is 4.85. The van der Waals surface area contributed by atoms with Crippen molar-refractivity contribution in [3.8, 4) is 0 Å². The number of amides is 1. The van der Waals surface area contributed by atoms with Gasteiger partial charge in [-0.25, -0.2) is 0 Å². The molecule has 0 radical (unpaired) electrons. The minimum atomic E-state index is -0.0752. The molecule has 0 bridgehead atoms. The van der Waals surface area contributed by atoms with Crippen molar-refractivity contribution in [2.45, 2.75) is 31.2 Å². The van der Waals surface area contributed by atoms with Crippen LogP contribution in [0.1, 0.15) is 41.3 Å². The zero-order valence-electron chi connectivity index (χ0n) is 11.8. The van der Waals surface area contributed by atoms with Crippen LogP contribution in [-0.2, 0) is 6.54 Å². The van der Waals surface area contributed by atoms with Gasteiger partial charge in [-0.3, -0.25) is 4.79 Å². The van der Waals surface area contributed by atoms with Crippen molar-refractivity contribution >= 4 is 18.5 Å². The van der Waals surface area contributed by atoms with Gasteiger partial charge >= 0.3 is 0 Å².